The van der Waals surface area contributed by atoms with E-state index in [2.05, 4.69) is 5.32 Å². The minimum atomic E-state index is -0.599. The molecule has 28 heavy (non-hydrogen) atoms. The number of aliphatic hydroxyl groups excluding tert-OH is 1. The maximum absolute atomic E-state index is 11.8. The molecule has 2 rings (SSSR count). The fraction of sp³-hybridized carbons (Fsp3) is 0.571. The van der Waals surface area contributed by atoms with Gasteiger partial charge in [0.15, 0.2) is 0 Å². The Hall–Kier alpha value is -1.83. The highest BCUT2D eigenvalue weighted by atomic mass is 16.7. The molecule has 6 nitrogen and oxygen atoms in total. The molecule has 0 spiro atoms. The number of ether oxygens (including phenoxy) is 1. The number of alkyl carbamates (subject to hydrolysis) is 1. The molecule has 1 saturated heterocycles. The van der Waals surface area contributed by atoms with Crippen LogP contribution in [0.5, 0.6) is 0 Å². The largest absolute Gasteiger partial charge is 0.492 e. The molecule has 0 bridgehead atoms. The molecule has 0 unspecified atom stereocenters. The number of hydrogen-bond acceptors (Lipinski definition) is 5. The molecule has 1 heterocycles. The standard InChI is InChI=1S/C21H32BNO5/c1-19(2,3)26-18(25)23-13-16-10-8-9-15(11-16)12-17(14-24)22-27-20(4,5)21(6,7)28-22/h8-12,24H,13-14H2,1-7H3,(H,23,25). The van der Waals surface area contributed by atoms with Crippen LogP contribution in [0.2, 0.25) is 0 Å². The minimum Gasteiger partial charge on any atom is -0.444 e. The average Bonchev–Trinajstić information content (AvgIpc) is 2.77. The normalized spacial score (nSPS) is 18.9. The molecule has 7 heteroatoms. The molecule has 0 radical (unpaired) electrons. The van der Waals surface area contributed by atoms with E-state index in [0.717, 1.165) is 11.1 Å². The fourth-order valence-corrected chi connectivity index (χ4v) is 2.68. The molecule has 1 aromatic rings. The van der Waals surface area contributed by atoms with Gasteiger partial charge >= 0.3 is 13.2 Å². The Bertz CT molecular complexity index is 721. The molecule has 0 aliphatic carbocycles. The first kappa shape index (κ1) is 22.5. The van der Waals surface area contributed by atoms with Gasteiger partial charge in [0.1, 0.15) is 5.60 Å². The van der Waals surface area contributed by atoms with E-state index in [1.807, 2.05) is 78.8 Å². The van der Waals surface area contributed by atoms with Gasteiger partial charge in [0.25, 0.3) is 0 Å². The zero-order valence-electron chi connectivity index (χ0n) is 18.0. The van der Waals surface area contributed by atoms with Crippen molar-refractivity contribution in [2.24, 2.45) is 0 Å². The molecule has 1 amide bonds. The molecular weight excluding hydrogens is 357 g/mol. The Morgan fingerprint density at radius 1 is 1.21 bits per heavy atom. The number of carbonyl (C=O) groups excluding carboxylic acids is 1. The summed E-state index contributed by atoms with van der Waals surface area (Å²) < 4.78 is 17.3. The first-order valence-corrected chi connectivity index (χ1v) is 9.56. The lowest BCUT2D eigenvalue weighted by Gasteiger charge is -2.32. The van der Waals surface area contributed by atoms with E-state index in [0.29, 0.717) is 12.0 Å². The van der Waals surface area contributed by atoms with Gasteiger partial charge in [-0.3, -0.25) is 0 Å². The Kier molecular flexibility index (Phi) is 6.64. The minimum absolute atomic E-state index is 0.169. The summed E-state index contributed by atoms with van der Waals surface area (Å²) in [5.41, 5.74) is 0.994. The van der Waals surface area contributed by atoms with E-state index in [4.69, 9.17) is 14.0 Å². The highest BCUT2D eigenvalue weighted by molar-refractivity contribution is 6.55. The highest BCUT2D eigenvalue weighted by Gasteiger charge is 2.52. The van der Waals surface area contributed by atoms with Crippen LogP contribution >= 0.6 is 0 Å². The molecular formula is C21H32BNO5. The lowest BCUT2D eigenvalue weighted by Crippen LogP contribution is -2.41. The highest BCUT2D eigenvalue weighted by Crippen LogP contribution is 2.38. The number of rotatable bonds is 5. The number of amides is 1. The van der Waals surface area contributed by atoms with E-state index in [-0.39, 0.29) is 6.61 Å². The number of aliphatic hydroxyl groups is 1. The smallest absolute Gasteiger partial charge is 0.444 e. The van der Waals surface area contributed by atoms with Gasteiger partial charge in [-0.1, -0.05) is 30.3 Å². The second-order valence-corrected chi connectivity index (χ2v) is 9.07. The number of nitrogens with one attached hydrogen (secondary N) is 1. The van der Waals surface area contributed by atoms with Crippen molar-refractivity contribution in [2.45, 2.75) is 71.8 Å². The topological polar surface area (TPSA) is 77.0 Å². The maximum atomic E-state index is 11.8. The van der Waals surface area contributed by atoms with Crippen molar-refractivity contribution in [2.75, 3.05) is 6.61 Å². The zero-order valence-corrected chi connectivity index (χ0v) is 18.0. The van der Waals surface area contributed by atoms with Gasteiger partial charge in [-0.25, -0.2) is 4.79 Å². The zero-order chi connectivity index (χ0) is 21.2. The number of benzene rings is 1. The van der Waals surface area contributed by atoms with E-state index < -0.39 is 30.0 Å². The first-order chi connectivity index (χ1) is 12.8. The fourth-order valence-electron chi connectivity index (χ4n) is 2.68. The lowest BCUT2D eigenvalue weighted by atomic mass is 9.77. The third kappa shape index (κ3) is 5.83. The van der Waals surface area contributed by atoms with Crippen molar-refractivity contribution in [1.82, 2.24) is 5.32 Å². The van der Waals surface area contributed by atoms with Gasteiger partial charge in [-0.2, -0.15) is 0 Å². The van der Waals surface area contributed by atoms with Crippen molar-refractivity contribution in [3.63, 3.8) is 0 Å². The van der Waals surface area contributed by atoms with Crippen molar-refractivity contribution < 1.29 is 23.9 Å². The molecule has 1 aliphatic rings. The third-order valence-corrected chi connectivity index (χ3v) is 4.88. The summed E-state index contributed by atoms with van der Waals surface area (Å²) in [6.45, 7) is 13.6. The summed E-state index contributed by atoms with van der Waals surface area (Å²) in [6, 6.07) is 7.69. The van der Waals surface area contributed by atoms with Gasteiger partial charge in [0.05, 0.1) is 17.8 Å². The molecule has 1 aromatic carbocycles. The molecule has 0 atom stereocenters. The number of carbonyl (C=O) groups is 1. The average molecular weight is 389 g/mol. The first-order valence-electron chi connectivity index (χ1n) is 9.56. The van der Waals surface area contributed by atoms with Crippen LogP contribution in [-0.4, -0.2) is 41.7 Å². The lowest BCUT2D eigenvalue weighted by molar-refractivity contribution is 0.00578. The van der Waals surface area contributed by atoms with Crippen LogP contribution in [-0.2, 0) is 20.6 Å². The Morgan fingerprint density at radius 3 is 2.36 bits per heavy atom. The van der Waals surface area contributed by atoms with E-state index in [1.54, 1.807) is 0 Å². The molecule has 0 saturated carbocycles. The second-order valence-electron chi connectivity index (χ2n) is 9.07. The molecule has 1 fully saturated rings. The monoisotopic (exact) mass is 389 g/mol. The Balaban J connectivity index is 2.09. The summed E-state index contributed by atoms with van der Waals surface area (Å²) >= 11 is 0. The van der Waals surface area contributed by atoms with Crippen LogP contribution in [0.1, 0.15) is 59.6 Å². The van der Waals surface area contributed by atoms with Crippen LogP contribution in [0.15, 0.2) is 29.7 Å². The predicted molar refractivity (Wildman–Crippen MR) is 111 cm³/mol. The van der Waals surface area contributed by atoms with Crippen molar-refractivity contribution in [1.29, 1.82) is 0 Å². The third-order valence-electron chi connectivity index (χ3n) is 4.88. The summed E-state index contributed by atoms with van der Waals surface area (Å²) in [5, 5.41) is 12.6. The van der Waals surface area contributed by atoms with Gasteiger partial charge in [-0.15, -0.1) is 0 Å². The van der Waals surface area contributed by atoms with Crippen LogP contribution in [0.3, 0.4) is 0 Å². The predicted octanol–water partition coefficient (Wildman–Crippen LogP) is 3.72. The van der Waals surface area contributed by atoms with E-state index in [9.17, 15) is 9.90 Å². The maximum Gasteiger partial charge on any atom is 0.492 e. The Morgan fingerprint density at radius 2 is 1.82 bits per heavy atom. The van der Waals surface area contributed by atoms with E-state index >= 15 is 0 Å². The second kappa shape index (κ2) is 8.27. The van der Waals surface area contributed by atoms with Crippen molar-refractivity contribution >= 4 is 19.3 Å². The summed E-state index contributed by atoms with van der Waals surface area (Å²) in [5.74, 6) is 0. The summed E-state index contributed by atoms with van der Waals surface area (Å²) in [4.78, 5) is 11.8. The summed E-state index contributed by atoms with van der Waals surface area (Å²) in [7, 11) is -0.599. The summed E-state index contributed by atoms with van der Waals surface area (Å²) in [6.07, 6.45) is 1.40. The molecule has 2 N–H and O–H groups in total. The Labute approximate surface area is 168 Å². The van der Waals surface area contributed by atoms with Crippen LogP contribution < -0.4 is 5.32 Å². The van der Waals surface area contributed by atoms with Gasteiger partial charge in [-0.05, 0) is 65.1 Å². The quantitative estimate of drug-likeness (QED) is 0.751. The number of hydrogen-bond donors (Lipinski definition) is 2. The van der Waals surface area contributed by atoms with E-state index in [1.165, 1.54) is 0 Å². The van der Waals surface area contributed by atoms with Gasteiger partial charge in [0.2, 0.25) is 0 Å². The van der Waals surface area contributed by atoms with Crippen molar-refractivity contribution in [3.05, 3.63) is 40.9 Å². The SMILES string of the molecule is CC(C)(C)OC(=O)NCc1cccc(C=C(CO)B2OC(C)(C)C(C)(C)O2)c1. The van der Waals surface area contributed by atoms with Crippen LogP contribution in [0, 0.1) is 0 Å². The van der Waals surface area contributed by atoms with Crippen LogP contribution in [0.4, 0.5) is 4.79 Å². The molecule has 154 valence electrons. The molecule has 0 aromatic heterocycles. The van der Waals surface area contributed by atoms with Gasteiger partial charge in [0, 0.05) is 6.54 Å². The van der Waals surface area contributed by atoms with Gasteiger partial charge < -0.3 is 24.5 Å². The van der Waals surface area contributed by atoms with Crippen molar-refractivity contribution in [3.8, 4) is 0 Å². The van der Waals surface area contributed by atoms with Crippen LogP contribution in [0.25, 0.3) is 6.08 Å². The molecule has 1 aliphatic heterocycles.